The van der Waals surface area contributed by atoms with E-state index < -0.39 is 0 Å². The number of benzene rings is 2. The van der Waals surface area contributed by atoms with Crippen molar-refractivity contribution in [3.05, 3.63) is 59.2 Å². The van der Waals surface area contributed by atoms with Gasteiger partial charge in [-0.15, -0.1) is 0 Å². The number of hydrogen-bond donors (Lipinski definition) is 1. The summed E-state index contributed by atoms with van der Waals surface area (Å²) in [5.41, 5.74) is 2.06. The minimum atomic E-state index is -0.362. The van der Waals surface area contributed by atoms with Gasteiger partial charge in [-0.05, 0) is 68.0 Å². The third kappa shape index (κ3) is 5.50. The van der Waals surface area contributed by atoms with Crippen molar-refractivity contribution in [3.63, 3.8) is 0 Å². The van der Waals surface area contributed by atoms with Gasteiger partial charge in [0.2, 0.25) is 0 Å². The fraction of sp³-hybridized carbons (Fsp3) is 0.391. The van der Waals surface area contributed by atoms with Crippen LogP contribution in [0.15, 0.2) is 42.5 Å². The van der Waals surface area contributed by atoms with E-state index in [0.29, 0.717) is 35.6 Å². The molecule has 6 heteroatoms. The summed E-state index contributed by atoms with van der Waals surface area (Å²) >= 11 is 0. The second-order valence-corrected chi connectivity index (χ2v) is 7.08. The van der Waals surface area contributed by atoms with Crippen molar-refractivity contribution < 1.29 is 23.8 Å². The minimum Gasteiger partial charge on any atom is -0.493 e. The zero-order chi connectivity index (χ0) is 20.6. The molecule has 1 aliphatic carbocycles. The average Bonchev–Trinajstić information content (AvgIpc) is 3.27. The fourth-order valence-corrected chi connectivity index (χ4v) is 3.44. The van der Waals surface area contributed by atoms with Crippen molar-refractivity contribution in [2.45, 2.75) is 38.2 Å². The van der Waals surface area contributed by atoms with Gasteiger partial charge < -0.3 is 19.5 Å². The summed E-state index contributed by atoms with van der Waals surface area (Å²) in [7, 11) is 2.94. The Morgan fingerprint density at radius 1 is 0.966 bits per heavy atom. The lowest BCUT2D eigenvalue weighted by Gasteiger charge is -2.16. The van der Waals surface area contributed by atoms with Gasteiger partial charge >= 0.3 is 5.97 Å². The van der Waals surface area contributed by atoms with Crippen molar-refractivity contribution in [2.24, 2.45) is 0 Å². The lowest BCUT2D eigenvalue weighted by Crippen LogP contribution is -2.25. The zero-order valence-corrected chi connectivity index (χ0v) is 16.9. The molecule has 1 fully saturated rings. The quantitative estimate of drug-likeness (QED) is 0.687. The van der Waals surface area contributed by atoms with E-state index in [-0.39, 0.29) is 18.0 Å². The Kier molecular flexibility index (Phi) is 7.11. The number of carbonyl (C=O) groups excluding carboxylic acids is 2. The molecule has 0 aromatic heterocycles. The van der Waals surface area contributed by atoms with Crippen LogP contribution >= 0.6 is 0 Å². The van der Waals surface area contributed by atoms with Crippen molar-refractivity contribution in [1.82, 2.24) is 5.32 Å². The second-order valence-electron chi connectivity index (χ2n) is 7.08. The molecule has 154 valence electrons. The first-order valence-electron chi connectivity index (χ1n) is 9.91. The molecule has 2 aromatic carbocycles. The van der Waals surface area contributed by atoms with E-state index in [0.717, 1.165) is 18.4 Å². The maximum Gasteiger partial charge on any atom is 0.337 e. The van der Waals surface area contributed by atoms with Crippen molar-refractivity contribution in [3.8, 4) is 11.5 Å². The normalized spacial score (nSPS) is 13.7. The average molecular weight is 397 g/mol. The third-order valence-corrected chi connectivity index (χ3v) is 5.10. The van der Waals surface area contributed by atoms with Crippen LogP contribution in [0.25, 0.3) is 0 Å². The molecule has 0 aliphatic heterocycles. The smallest absolute Gasteiger partial charge is 0.337 e. The number of carbonyl (C=O) groups is 2. The summed E-state index contributed by atoms with van der Waals surface area (Å²) < 4.78 is 16.1. The highest BCUT2D eigenvalue weighted by molar-refractivity contribution is 5.94. The van der Waals surface area contributed by atoms with Crippen LogP contribution in [0.2, 0.25) is 0 Å². The Morgan fingerprint density at radius 3 is 2.31 bits per heavy atom. The van der Waals surface area contributed by atoms with Crippen LogP contribution in [0.3, 0.4) is 0 Å². The Balaban J connectivity index is 1.54. The molecule has 1 aliphatic rings. The van der Waals surface area contributed by atoms with Crippen LogP contribution in [-0.2, 0) is 11.2 Å². The number of methoxy groups -OCH3 is 2. The molecule has 3 rings (SSSR count). The van der Waals surface area contributed by atoms with Gasteiger partial charge in [-0.25, -0.2) is 4.79 Å². The predicted octanol–water partition coefficient (Wildman–Crippen LogP) is 3.78. The van der Waals surface area contributed by atoms with Crippen molar-refractivity contribution in [1.29, 1.82) is 0 Å². The molecule has 0 bridgehead atoms. The van der Waals surface area contributed by atoms with Crippen LogP contribution in [0.5, 0.6) is 11.5 Å². The lowest BCUT2D eigenvalue weighted by molar-refractivity contribution is 0.0600. The number of rotatable bonds is 8. The Labute approximate surface area is 171 Å². The first-order valence-corrected chi connectivity index (χ1v) is 9.91. The van der Waals surface area contributed by atoms with Crippen LogP contribution in [0.1, 0.15) is 52.0 Å². The summed E-state index contributed by atoms with van der Waals surface area (Å²) in [4.78, 5) is 23.9. The number of nitrogens with one attached hydrogen (secondary N) is 1. The molecule has 0 atom stereocenters. The van der Waals surface area contributed by atoms with Crippen LogP contribution < -0.4 is 14.8 Å². The van der Waals surface area contributed by atoms with E-state index in [9.17, 15) is 9.59 Å². The third-order valence-electron chi connectivity index (χ3n) is 5.10. The standard InChI is InChI=1S/C23H27NO5/c1-27-21-15-18(11-12-20(21)29-19-5-3-4-6-19)22(25)24-14-13-16-7-9-17(10-8-16)23(26)28-2/h7-12,15,19H,3-6,13-14H2,1-2H3,(H,24,25). The molecule has 1 N–H and O–H groups in total. The Morgan fingerprint density at radius 2 is 1.66 bits per heavy atom. The van der Waals surface area contributed by atoms with Crippen molar-refractivity contribution in [2.75, 3.05) is 20.8 Å². The molecule has 1 saturated carbocycles. The van der Waals surface area contributed by atoms with Gasteiger partial charge in [0.05, 0.1) is 25.9 Å². The minimum absolute atomic E-state index is 0.165. The largest absolute Gasteiger partial charge is 0.493 e. The van der Waals surface area contributed by atoms with E-state index in [1.54, 1.807) is 37.4 Å². The summed E-state index contributed by atoms with van der Waals surface area (Å²) in [6.07, 6.45) is 5.40. The van der Waals surface area contributed by atoms with Gasteiger partial charge in [-0.2, -0.15) is 0 Å². The predicted molar refractivity (Wildman–Crippen MR) is 110 cm³/mol. The van der Waals surface area contributed by atoms with E-state index in [1.165, 1.54) is 20.0 Å². The molecule has 0 radical (unpaired) electrons. The number of ether oxygens (including phenoxy) is 3. The highest BCUT2D eigenvalue weighted by atomic mass is 16.5. The maximum atomic E-state index is 12.5. The SMILES string of the molecule is COC(=O)c1ccc(CCNC(=O)c2ccc(OC3CCCC3)c(OC)c2)cc1. The molecule has 0 spiro atoms. The molecule has 2 aromatic rings. The van der Waals surface area contributed by atoms with Gasteiger partial charge in [-0.3, -0.25) is 4.79 Å². The van der Waals surface area contributed by atoms with E-state index >= 15 is 0 Å². The van der Waals surface area contributed by atoms with E-state index in [1.807, 2.05) is 12.1 Å². The van der Waals surface area contributed by atoms with Gasteiger partial charge in [0.15, 0.2) is 11.5 Å². The number of hydrogen-bond acceptors (Lipinski definition) is 5. The summed E-state index contributed by atoms with van der Waals surface area (Å²) in [5.74, 6) is 0.727. The summed E-state index contributed by atoms with van der Waals surface area (Å²) in [6.45, 7) is 0.485. The highest BCUT2D eigenvalue weighted by Gasteiger charge is 2.19. The van der Waals surface area contributed by atoms with E-state index in [2.05, 4.69) is 10.1 Å². The Hall–Kier alpha value is -3.02. The van der Waals surface area contributed by atoms with Gasteiger partial charge in [0.1, 0.15) is 0 Å². The zero-order valence-electron chi connectivity index (χ0n) is 16.9. The molecular formula is C23H27NO5. The molecule has 1 amide bonds. The van der Waals surface area contributed by atoms with Gasteiger partial charge in [0.25, 0.3) is 5.91 Å². The maximum absolute atomic E-state index is 12.5. The highest BCUT2D eigenvalue weighted by Crippen LogP contribution is 2.32. The first kappa shape index (κ1) is 20.7. The monoisotopic (exact) mass is 397 g/mol. The molecule has 0 heterocycles. The molecule has 29 heavy (non-hydrogen) atoms. The van der Waals surface area contributed by atoms with Crippen LogP contribution in [-0.4, -0.2) is 38.7 Å². The van der Waals surface area contributed by atoms with E-state index in [4.69, 9.17) is 9.47 Å². The fourth-order valence-electron chi connectivity index (χ4n) is 3.44. The summed E-state index contributed by atoms with van der Waals surface area (Å²) in [6, 6.07) is 12.4. The number of amides is 1. The molecule has 6 nitrogen and oxygen atoms in total. The summed E-state index contributed by atoms with van der Waals surface area (Å²) in [5, 5.41) is 2.91. The molecule has 0 saturated heterocycles. The van der Waals surface area contributed by atoms with Crippen LogP contribution in [0.4, 0.5) is 0 Å². The van der Waals surface area contributed by atoms with Gasteiger partial charge in [-0.1, -0.05) is 12.1 Å². The number of esters is 1. The van der Waals surface area contributed by atoms with Crippen molar-refractivity contribution >= 4 is 11.9 Å². The van der Waals surface area contributed by atoms with Crippen LogP contribution in [0, 0.1) is 0 Å². The molecular weight excluding hydrogens is 370 g/mol. The van der Waals surface area contributed by atoms with Gasteiger partial charge in [0, 0.05) is 12.1 Å². The topological polar surface area (TPSA) is 73.9 Å². The first-order chi connectivity index (χ1) is 14.1. The molecule has 0 unspecified atom stereocenters. The second kappa shape index (κ2) is 9.96. The Bertz CT molecular complexity index is 841. The lowest BCUT2D eigenvalue weighted by atomic mass is 10.1.